The van der Waals surface area contributed by atoms with Gasteiger partial charge < -0.3 is 4.74 Å². The Hall–Kier alpha value is -2.61. The molecule has 0 bridgehead atoms. The Bertz CT molecular complexity index is 641. The van der Waals surface area contributed by atoms with E-state index in [1.54, 1.807) is 24.4 Å². The zero-order valence-electron chi connectivity index (χ0n) is 12.0. The second kappa shape index (κ2) is 6.71. The van der Waals surface area contributed by atoms with Gasteiger partial charge in [0.15, 0.2) is 11.8 Å². The molecule has 0 fully saturated rings. The maximum atomic E-state index is 12.1. The minimum atomic E-state index is -0.567. The van der Waals surface area contributed by atoms with E-state index in [0.717, 1.165) is 5.69 Å². The van der Waals surface area contributed by atoms with Gasteiger partial charge in [-0.25, -0.2) is 4.79 Å². The van der Waals surface area contributed by atoms with Gasteiger partial charge in [0.1, 0.15) is 0 Å². The van der Waals surface area contributed by atoms with Crippen molar-refractivity contribution in [1.29, 1.82) is 0 Å². The van der Waals surface area contributed by atoms with Gasteiger partial charge in [0.25, 0.3) is 0 Å². The molecule has 0 aliphatic rings. The molecule has 5 heteroatoms. The lowest BCUT2D eigenvalue weighted by Crippen LogP contribution is -2.13. The molecule has 0 unspecified atom stereocenters. The van der Waals surface area contributed by atoms with Crippen molar-refractivity contribution in [3.63, 3.8) is 0 Å². The lowest BCUT2D eigenvalue weighted by atomic mass is 10.1. The van der Waals surface area contributed by atoms with Gasteiger partial charge in [-0.05, 0) is 24.1 Å². The highest BCUT2D eigenvalue weighted by atomic mass is 16.5. The molecule has 2 aromatic rings. The number of aromatic nitrogens is 3. The fourth-order valence-electron chi connectivity index (χ4n) is 1.81. The van der Waals surface area contributed by atoms with Crippen molar-refractivity contribution in [2.75, 3.05) is 0 Å². The molecular weight excluding hydrogens is 266 g/mol. The van der Waals surface area contributed by atoms with Crippen molar-refractivity contribution in [2.45, 2.75) is 32.3 Å². The summed E-state index contributed by atoms with van der Waals surface area (Å²) >= 11 is 0. The summed E-state index contributed by atoms with van der Waals surface area (Å²) in [4.78, 5) is 16.3. The summed E-state index contributed by atoms with van der Waals surface area (Å²) in [6.45, 7) is 4.02. The third-order valence-electron chi connectivity index (χ3n) is 3.00. The largest absolute Gasteiger partial charge is 0.450 e. The predicted octanol–water partition coefficient (Wildman–Crippen LogP) is 2.85. The molecule has 2 aromatic heterocycles. The highest BCUT2D eigenvalue weighted by molar-refractivity contribution is 5.87. The van der Waals surface area contributed by atoms with Crippen LogP contribution in [-0.4, -0.2) is 21.2 Å². The summed E-state index contributed by atoms with van der Waals surface area (Å²) in [5.74, 6) is 2.25. The van der Waals surface area contributed by atoms with E-state index < -0.39 is 12.1 Å². The number of pyridine rings is 1. The van der Waals surface area contributed by atoms with E-state index in [2.05, 4.69) is 21.1 Å². The molecule has 0 aliphatic carbocycles. The topological polar surface area (TPSA) is 67.9 Å². The fourth-order valence-corrected chi connectivity index (χ4v) is 1.81. The number of H-pyrrole nitrogens is 1. The average molecular weight is 283 g/mol. The molecule has 0 aliphatic heterocycles. The van der Waals surface area contributed by atoms with Crippen LogP contribution >= 0.6 is 0 Å². The first-order chi connectivity index (χ1) is 10.1. The zero-order chi connectivity index (χ0) is 15.2. The van der Waals surface area contributed by atoms with Crippen LogP contribution in [0.1, 0.15) is 54.2 Å². The van der Waals surface area contributed by atoms with E-state index in [1.165, 1.54) is 0 Å². The normalized spacial score (nSPS) is 11.9. The molecule has 0 radical (unpaired) electrons. The molecule has 2 heterocycles. The number of carbonyl (C=O) groups is 1. The summed E-state index contributed by atoms with van der Waals surface area (Å²) in [5, 5.41) is 6.80. The zero-order valence-corrected chi connectivity index (χ0v) is 12.0. The number of carbonyl (C=O) groups excluding carboxylic acids is 1. The summed E-state index contributed by atoms with van der Waals surface area (Å²) in [6.07, 6.45) is 6.67. The van der Waals surface area contributed by atoms with Crippen LogP contribution in [0.5, 0.6) is 0 Å². The predicted molar refractivity (Wildman–Crippen MR) is 78.5 cm³/mol. The maximum Gasteiger partial charge on any atom is 0.359 e. The third kappa shape index (κ3) is 3.69. The highest BCUT2D eigenvalue weighted by Gasteiger charge is 2.20. The number of terminal acetylenes is 1. The third-order valence-corrected chi connectivity index (χ3v) is 3.00. The smallest absolute Gasteiger partial charge is 0.359 e. The number of hydrogen-bond donors (Lipinski definition) is 1. The Morgan fingerprint density at radius 2 is 2.29 bits per heavy atom. The second-order valence-electron chi connectivity index (χ2n) is 4.92. The fraction of sp³-hybridized carbons (Fsp3) is 0.312. The molecule has 0 saturated carbocycles. The van der Waals surface area contributed by atoms with E-state index in [1.807, 2.05) is 19.9 Å². The minimum Gasteiger partial charge on any atom is -0.450 e. The molecule has 21 heavy (non-hydrogen) atoms. The number of rotatable bonds is 5. The monoisotopic (exact) mass is 283 g/mol. The number of ether oxygens (including phenoxy) is 1. The Morgan fingerprint density at radius 3 is 2.86 bits per heavy atom. The van der Waals surface area contributed by atoms with Crippen LogP contribution in [0.4, 0.5) is 0 Å². The van der Waals surface area contributed by atoms with E-state index in [0.29, 0.717) is 5.69 Å². The quantitative estimate of drug-likeness (QED) is 0.676. The van der Waals surface area contributed by atoms with E-state index in [9.17, 15) is 4.79 Å². The first-order valence-corrected chi connectivity index (χ1v) is 6.72. The number of aromatic amines is 1. The molecule has 1 N–H and O–H groups in total. The van der Waals surface area contributed by atoms with Gasteiger partial charge in [0.05, 0.1) is 12.1 Å². The number of hydrogen-bond acceptors (Lipinski definition) is 4. The van der Waals surface area contributed by atoms with Gasteiger partial charge in [0.2, 0.25) is 0 Å². The summed E-state index contributed by atoms with van der Waals surface area (Å²) in [6, 6.07) is 7.09. The second-order valence-corrected chi connectivity index (χ2v) is 4.92. The molecule has 0 saturated heterocycles. The molecular formula is C16H17N3O2. The van der Waals surface area contributed by atoms with Gasteiger partial charge >= 0.3 is 5.97 Å². The van der Waals surface area contributed by atoms with Crippen molar-refractivity contribution in [2.24, 2.45) is 0 Å². The minimum absolute atomic E-state index is 0.247. The summed E-state index contributed by atoms with van der Waals surface area (Å²) in [5.41, 5.74) is 1.76. The molecule has 0 aromatic carbocycles. The van der Waals surface area contributed by atoms with Gasteiger partial charge in [-0.15, -0.1) is 12.3 Å². The van der Waals surface area contributed by atoms with Gasteiger partial charge in [0, 0.05) is 11.9 Å². The SMILES string of the molecule is C#CC[C@H](OC(=O)c1cc(C(C)C)[nH]n1)c1ccccn1. The maximum absolute atomic E-state index is 12.1. The highest BCUT2D eigenvalue weighted by Crippen LogP contribution is 2.21. The van der Waals surface area contributed by atoms with Gasteiger partial charge in [-0.1, -0.05) is 19.9 Å². The molecule has 1 atom stereocenters. The average Bonchev–Trinajstić information content (AvgIpc) is 2.98. The molecule has 0 amide bonds. The Labute approximate surface area is 123 Å². The van der Waals surface area contributed by atoms with Crippen LogP contribution in [0, 0.1) is 12.3 Å². The Kier molecular flexibility index (Phi) is 4.72. The number of esters is 1. The van der Waals surface area contributed by atoms with Crippen molar-refractivity contribution < 1.29 is 9.53 Å². The molecule has 108 valence electrons. The van der Waals surface area contributed by atoms with E-state index in [-0.39, 0.29) is 18.0 Å². The first kappa shape index (κ1) is 14.8. The van der Waals surface area contributed by atoms with Crippen molar-refractivity contribution in [3.8, 4) is 12.3 Å². The van der Waals surface area contributed by atoms with E-state index in [4.69, 9.17) is 11.2 Å². The number of nitrogens with zero attached hydrogens (tertiary/aromatic N) is 2. The summed E-state index contributed by atoms with van der Waals surface area (Å²) in [7, 11) is 0. The van der Waals surface area contributed by atoms with Crippen LogP contribution in [0.15, 0.2) is 30.5 Å². The first-order valence-electron chi connectivity index (χ1n) is 6.72. The van der Waals surface area contributed by atoms with Gasteiger partial charge in [-0.3, -0.25) is 10.1 Å². The summed E-state index contributed by atoms with van der Waals surface area (Å²) < 4.78 is 5.43. The van der Waals surface area contributed by atoms with Crippen LogP contribution in [-0.2, 0) is 4.74 Å². The standard InChI is InChI=1S/C16H17N3O2/c1-4-7-15(12-8-5-6-9-17-12)21-16(20)14-10-13(11(2)3)18-19-14/h1,5-6,8-11,15H,7H2,2-3H3,(H,18,19)/t15-/m0/s1. The van der Waals surface area contributed by atoms with E-state index >= 15 is 0 Å². The van der Waals surface area contributed by atoms with Crippen molar-refractivity contribution >= 4 is 5.97 Å². The Balaban J connectivity index is 2.13. The van der Waals surface area contributed by atoms with Crippen LogP contribution in [0.2, 0.25) is 0 Å². The van der Waals surface area contributed by atoms with Crippen molar-refractivity contribution in [3.05, 3.63) is 47.5 Å². The Morgan fingerprint density at radius 1 is 1.48 bits per heavy atom. The van der Waals surface area contributed by atoms with Crippen LogP contribution in [0.3, 0.4) is 0 Å². The molecule has 5 nitrogen and oxygen atoms in total. The lowest BCUT2D eigenvalue weighted by Gasteiger charge is -2.14. The molecule has 2 rings (SSSR count). The molecule has 0 spiro atoms. The number of nitrogens with one attached hydrogen (secondary N) is 1. The van der Waals surface area contributed by atoms with Crippen LogP contribution < -0.4 is 0 Å². The van der Waals surface area contributed by atoms with Gasteiger partial charge in [-0.2, -0.15) is 5.10 Å². The van der Waals surface area contributed by atoms with Crippen molar-refractivity contribution in [1.82, 2.24) is 15.2 Å². The van der Waals surface area contributed by atoms with Crippen LogP contribution in [0.25, 0.3) is 0 Å². The lowest BCUT2D eigenvalue weighted by molar-refractivity contribution is 0.0291.